The van der Waals surface area contributed by atoms with Crippen LogP contribution in [0.3, 0.4) is 0 Å². The van der Waals surface area contributed by atoms with E-state index in [1.54, 1.807) is 10.8 Å². The third-order valence-corrected chi connectivity index (χ3v) is 4.52. The van der Waals surface area contributed by atoms with Gasteiger partial charge in [0, 0.05) is 5.75 Å². The van der Waals surface area contributed by atoms with E-state index in [1.807, 2.05) is 10.8 Å². The third-order valence-electron chi connectivity index (χ3n) is 1.76. The minimum Gasteiger partial charge on any atom is -0.290 e. The lowest BCUT2D eigenvalue weighted by Gasteiger charge is -2.03. The Bertz CT molecular complexity index is 107. The topological polar surface area (TPSA) is 17.1 Å². The van der Waals surface area contributed by atoms with Gasteiger partial charge in [0.2, 0.25) is 6.29 Å². The molecule has 1 unspecified atom stereocenters. The Morgan fingerprint density at radius 1 is 1.18 bits per heavy atom. The van der Waals surface area contributed by atoms with Crippen LogP contribution in [-0.4, -0.2) is 17.3 Å². The second-order valence-electron chi connectivity index (χ2n) is 2.73. The van der Waals surface area contributed by atoms with E-state index in [9.17, 15) is 4.79 Å². The Hall–Kier alpha value is 0.370. The van der Waals surface area contributed by atoms with Gasteiger partial charge in [-0.05, 0) is 12.8 Å². The van der Waals surface area contributed by atoms with Crippen molar-refractivity contribution in [2.45, 2.75) is 37.4 Å². The summed E-state index contributed by atoms with van der Waals surface area (Å²) >= 11 is 0. The zero-order valence-corrected chi connectivity index (χ0v) is 8.18. The van der Waals surface area contributed by atoms with E-state index in [2.05, 4.69) is 6.29 Å². The largest absolute Gasteiger partial charge is 0.290 e. The fourth-order valence-corrected chi connectivity index (χ4v) is 3.53. The summed E-state index contributed by atoms with van der Waals surface area (Å²) in [6.07, 6.45) is 8.25. The van der Waals surface area contributed by atoms with Gasteiger partial charge in [-0.3, -0.25) is 4.79 Å². The molecule has 1 rings (SSSR count). The van der Waals surface area contributed by atoms with Gasteiger partial charge >= 0.3 is 0 Å². The SMILES string of the molecule is O=[C]C1CCCCCCSS1. The minimum absolute atomic E-state index is 0.137. The molecule has 1 nitrogen and oxygen atoms in total. The predicted molar refractivity (Wildman–Crippen MR) is 52.6 cm³/mol. The van der Waals surface area contributed by atoms with Crippen LogP contribution in [0, 0.1) is 0 Å². The van der Waals surface area contributed by atoms with Crippen LogP contribution >= 0.6 is 21.6 Å². The molecule has 0 spiro atoms. The van der Waals surface area contributed by atoms with Crippen LogP contribution in [0.15, 0.2) is 0 Å². The van der Waals surface area contributed by atoms with Crippen LogP contribution in [0.4, 0.5) is 0 Å². The highest BCUT2D eigenvalue weighted by atomic mass is 33.1. The van der Waals surface area contributed by atoms with Crippen molar-refractivity contribution in [1.29, 1.82) is 0 Å². The van der Waals surface area contributed by atoms with Crippen molar-refractivity contribution in [3.05, 3.63) is 0 Å². The molecule has 1 radical (unpaired) electrons. The van der Waals surface area contributed by atoms with Crippen LogP contribution in [0.5, 0.6) is 0 Å². The second-order valence-corrected chi connectivity index (χ2v) is 5.42. The van der Waals surface area contributed by atoms with Crippen molar-refractivity contribution in [2.24, 2.45) is 0 Å². The fourth-order valence-electron chi connectivity index (χ4n) is 1.10. The Morgan fingerprint density at radius 3 is 2.82 bits per heavy atom. The van der Waals surface area contributed by atoms with Gasteiger partial charge in [-0.25, -0.2) is 0 Å². The molecule has 0 aliphatic carbocycles. The summed E-state index contributed by atoms with van der Waals surface area (Å²) in [5, 5.41) is 0.137. The lowest BCUT2D eigenvalue weighted by atomic mass is 10.1. The average Bonchev–Trinajstić information content (AvgIpc) is 2.16. The number of carbonyl (C=O) groups excluding carboxylic acids is 1. The summed E-state index contributed by atoms with van der Waals surface area (Å²) in [5.74, 6) is 1.20. The summed E-state index contributed by atoms with van der Waals surface area (Å²) in [5.41, 5.74) is 0. The molecule has 1 aliphatic rings. The molecule has 0 amide bonds. The first-order valence-electron chi connectivity index (χ1n) is 4.09. The quantitative estimate of drug-likeness (QED) is 0.590. The minimum atomic E-state index is 0.137. The summed E-state index contributed by atoms with van der Waals surface area (Å²) < 4.78 is 0. The lowest BCUT2D eigenvalue weighted by Crippen LogP contribution is -2.01. The van der Waals surface area contributed by atoms with E-state index in [4.69, 9.17) is 0 Å². The molecule has 0 aromatic rings. The van der Waals surface area contributed by atoms with Crippen molar-refractivity contribution in [3.8, 4) is 0 Å². The highest BCUT2D eigenvalue weighted by Crippen LogP contribution is 2.31. The van der Waals surface area contributed by atoms with Crippen LogP contribution in [0.2, 0.25) is 0 Å². The van der Waals surface area contributed by atoms with Gasteiger partial charge in [0.25, 0.3) is 0 Å². The van der Waals surface area contributed by atoms with Gasteiger partial charge in [-0.1, -0.05) is 40.9 Å². The monoisotopic (exact) mass is 189 g/mol. The molecule has 1 aliphatic heterocycles. The van der Waals surface area contributed by atoms with Gasteiger partial charge in [0.15, 0.2) is 0 Å². The maximum Gasteiger partial charge on any atom is 0.213 e. The molecule has 0 bridgehead atoms. The van der Waals surface area contributed by atoms with Crippen molar-refractivity contribution in [2.75, 3.05) is 5.75 Å². The summed E-state index contributed by atoms with van der Waals surface area (Å²) in [7, 11) is 3.53. The molecule has 1 atom stereocenters. The molecule has 11 heavy (non-hydrogen) atoms. The fraction of sp³-hybridized carbons (Fsp3) is 0.875. The molecule has 0 N–H and O–H groups in total. The second kappa shape index (κ2) is 5.95. The molecule has 1 heterocycles. The standard InChI is InChI=1S/C8H13OS2/c9-7-8-5-3-1-2-4-6-10-11-8/h8H,1-6H2. The van der Waals surface area contributed by atoms with Crippen molar-refractivity contribution < 1.29 is 4.79 Å². The summed E-state index contributed by atoms with van der Waals surface area (Å²) in [4.78, 5) is 10.4. The number of rotatable bonds is 1. The van der Waals surface area contributed by atoms with E-state index >= 15 is 0 Å². The molecule has 1 fully saturated rings. The number of hydrogen-bond donors (Lipinski definition) is 0. The first-order chi connectivity index (χ1) is 5.43. The molecular formula is C8H13OS2. The highest BCUT2D eigenvalue weighted by molar-refractivity contribution is 8.77. The first kappa shape index (κ1) is 9.46. The zero-order valence-electron chi connectivity index (χ0n) is 6.54. The van der Waals surface area contributed by atoms with E-state index < -0.39 is 0 Å². The molecule has 0 aromatic carbocycles. The van der Waals surface area contributed by atoms with Gasteiger partial charge in [0.05, 0.1) is 5.25 Å². The Kier molecular flexibility index (Phi) is 5.12. The van der Waals surface area contributed by atoms with Crippen LogP contribution in [0.25, 0.3) is 0 Å². The van der Waals surface area contributed by atoms with Gasteiger partial charge < -0.3 is 0 Å². The molecule has 63 valence electrons. The van der Waals surface area contributed by atoms with E-state index in [0.29, 0.717) is 0 Å². The van der Waals surface area contributed by atoms with Crippen LogP contribution in [-0.2, 0) is 4.79 Å². The predicted octanol–water partition coefficient (Wildman–Crippen LogP) is 2.81. The Balaban J connectivity index is 2.24. The van der Waals surface area contributed by atoms with E-state index in [0.717, 1.165) is 6.42 Å². The van der Waals surface area contributed by atoms with Crippen molar-refractivity contribution in [1.82, 2.24) is 0 Å². The first-order valence-corrected chi connectivity index (χ1v) is 6.47. The third kappa shape index (κ3) is 4.06. The smallest absolute Gasteiger partial charge is 0.213 e. The molecule has 0 aromatic heterocycles. The van der Waals surface area contributed by atoms with Gasteiger partial charge in [0.1, 0.15) is 0 Å². The zero-order chi connectivity index (χ0) is 7.94. The molecule has 0 saturated carbocycles. The van der Waals surface area contributed by atoms with E-state index in [1.165, 1.54) is 31.4 Å². The maximum atomic E-state index is 10.4. The summed E-state index contributed by atoms with van der Waals surface area (Å²) in [6.45, 7) is 0. The normalized spacial score (nSPS) is 28.2. The maximum absolute atomic E-state index is 10.4. The molecular weight excluding hydrogens is 176 g/mol. The summed E-state index contributed by atoms with van der Waals surface area (Å²) in [6, 6.07) is 0. The van der Waals surface area contributed by atoms with Gasteiger partial charge in [-0.2, -0.15) is 0 Å². The lowest BCUT2D eigenvalue weighted by molar-refractivity contribution is 0.546. The average molecular weight is 189 g/mol. The van der Waals surface area contributed by atoms with Crippen LogP contribution in [0.1, 0.15) is 32.1 Å². The molecule has 1 saturated heterocycles. The van der Waals surface area contributed by atoms with Gasteiger partial charge in [-0.15, -0.1) is 0 Å². The van der Waals surface area contributed by atoms with Crippen molar-refractivity contribution >= 4 is 27.9 Å². The van der Waals surface area contributed by atoms with Crippen molar-refractivity contribution in [3.63, 3.8) is 0 Å². The van der Waals surface area contributed by atoms with Crippen LogP contribution < -0.4 is 0 Å². The highest BCUT2D eigenvalue weighted by Gasteiger charge is 2.10. The number of hydrogen-bond acceptors (Lipinski definition) is 3. The molecule has 3 heteroatoms. The van der Waals surface area contributed by atoms with E-state index in [-0.39, 0.29) is 5.25 Å². The Morgan fingerprint density at radius 2 is 2.00 bits per heavy atom. The Labute approximate surface area is 76.1 Å².